The molecule has 8 atom stereocenters. The molecule has 2 heterocycles. The largest absolute Gasteiger partial charge is 0.595 e. The number of halogens is 2. The highest BCUT2D eigenvalue weighted by Gasteiger charge is 2.56. The molecule has 0 radical (unpaired) electrons. The molecule has 2 aliphatic carbocycles. The third kappa shape index (κ3) is 3.40. The summed E-state index contributed by atoms with van der Waals surface area (Å²) in [6, 6.07) is 10.2. The lowest BCUT2D eigenvalue weighted by Gasteiger charge is -2.49. The Morgan fingerprint density at radius 2 is 2.00 bits per heavy atom. The zero-order valence-corrected chi connectivity index (χ0v) is 20.4. The first-order chi connectivity index (χ1) is 16.3. The maximum atomic E-state index is 12.7. The lowest BCUT2D eigenvalue weighted by atomic mass is 9.72. The number of nitrogens with zero attached hydrogens (tertiary/aromatic N) is 1. The van der Waals surface area contributed by atoms with Gasteiger partial charge in [0, 0.05) is 40.4 Å². The lowest BCUT2D eigenvalue weighted by molar-refractivity contribution is -0.992. The average Bonchev–Trinajstić information content (AvgIpc) is 3.38. The molecule has 2 aromatic rings. The fourth-order valence-corrected chi connectivity index (χ4v) is 8.84. The monoisotopic (exact) mass is 518 g/mol. The average molecular weight is 519 g/mol. The first kappa shape index (κ1) is 22.7. The molecule has 1 fully saturated rings. The number of alkyl halides is 1. The number of carbonyl (C=O) groups is 1. The van der Waals surface area contributed by atoms with Crippen molar-refractivity contribution in [1.29, 1.82) is 0 Å². The van der Waals surface area contributed by atoms with Crippen molar-refractivity contribution in [2.75, 3.05) is 11.4 Å². The quantitative estimate of drug-likeness (QED) is 0.312. The van der Waals surface area contributed by atoms with Crippen molar-refractivity contribution in [2.45, 2.75) is 46.2 Å². The van der Waals surface area contributed by atoms with Gasteiger partial charge in [-0.15, -0.1) is 23.4 Å². The van der Waals surface area contributed by atoms with E-state index < -0.39 is 17.2 Å². The summed E-state index contributed by atoms with van der Waals surface area (Å²) in [6.07, 6.45) is 5.95. The van der Waals surface area contributed by atoms with Gasteiger partial charge in [0.05, 0.1) is 10.3 Å². The van der Waals surface area contributed by atoms with Gasteiger partial charge in [-0.05, 0) is 54.0 Å². The summed E-state index contributed by atoms with van der Waals surface area (Å²) in [5, 5.41) is 31.0. The van der Waals surface area contributed by atoms with Crippen LogP contribution in [0.25, 0.3) is 0 Å². The third-order valence-corrected chi connectivity index (χ3v) is 10.3. The Bertz CT molecular complexity index is 1190. The minimum absolute atomic E-state index is 0.116. The summed E-state index contributed by atoms with van der Waals surface area (Å²) < 4.78 is 0. The van der Waals surface area contributed by atoms with Crippen molar-refractivity contribution in [1.82, 2.24) is 0 Å². The molecule has 1 unspecified atom stereocenters. The Kier molecular flexibility index (Phi) is 5.63. The Labute approximate surface area is 211 Å². The maximum absolute atomic E-state index is 12.7. The Morgan fingerprint density at radius 3 is 2.76 bits per heavy atom. The van der Waals surface area contributed by atoms with E-state index in [0.717, 1.165) is 23.2 Å². The van der Waals surface area contributed by atoms with E-state index in [1.807, 2.05) is 18.2 Å². The fraction of sp³-hybridized carbons (Fsp3) is 0.400. The summed E-state index contributed by atoms with van der Waals surface area (Å²) in [5.41, 5.74) is 3.38. The standard InChI is InChI=1S/C25H24Cl2N2O4S/c26-13-8-15-14-5-3-4-12(14)11-28-23(15)16(9-13)21-17(24(28)25(30)31)10-20(22(21)27)34-19-7-2-1-6-18(19)29(32)33/h1-3,5-9,12,14,17,20-22,24,29,32H,4,10-11H2,(H,30,31)/t12-,14-,17+,20-,21+,22-,24-/m0/s1. The van der Waals surface area contributed by atoms with Crippen LogP contribution in [0.5, 0.6) is 0 Å². The molecule has 6 rings (SSSR count). The van der Waals surface area contributed by atoms with E-state index in [0.29, 0.717) is 28.8 Å². The lowest BCUT2D eigenvalue weighted by Crippen LogP contribution is -2.99. The first-order valence-electron chi connectivity index (χ1n) is 11.5. The molecule has 0 amide bonds. The van der Waals surface area contributed by atoms with Crippen LogP contribution in [0, 0.1) is 17.0 Å². The molecule has 0 saturated heterocycles. The number of hydrogen-bond donors (Lipinski definition) is 3. The van der Waals surface area contributed by atoms with Crippen LogP contribution in [0.3, 0.4) is 0 Å². The van der Waals surface area contributed by atoms with Crippen LogP contribution in [0.4, 0.5) is 11.4 Å². The van der Waals surface area contributed by atoms with Gasteiger partial charge in [0.2, 0.25) is 0 Å². The van der Waals surface area contributed by atoms with Crippen LogP contribution in [0.15, 0.2) is 53.4 Å². The summed E-state index contributed by atoms with van der Waals surface area (Å²) in [4.78, 5) is 15.4. The number of aliphatic carboxylic acids is 1. The number of fused-ring (bicyclic) bond motifs is 4. The van der Waals surface area contributed by atoms with E-state index >= 15 is 0 Å². The van der Waals surface area contributed by atoms with E-state index in [4.69, 9.17) is 23.2 Å². The van der Waals surface area contributed by atoms with Crippen molar-refractivity contribution in [2.24, 2.45) is 11.8 Å². The van der Waals surface area contributed by atoms with E-state index in [-0.39, 0.29) is 34.1 Å². The van der Waals surface area contributed by atoms with Crippen LogP contribution >= 0.6 is 35.0 Å². The summed E-state index contributed by atoms with van der Waals surface area (Å²) in [6.45, 7) is 0.700. The van der Waals surface area contributed by atoms with Gasteiger partial charge in [-0.2, -0.15) is 5.23 Å². The van der Waals surface area contributed by atoms with Crippen molar-refractivity contribution >= 4 is 52.3 Å². The molecular formula is C25H24Cl2N2O4S. The Morgan fingerprint density at radius 1 is 1.24 bits per heavy atom. The number of rotatable bonds is 4. The summed E-state index contributed by atoms with van der Waals surface area (Å²) >= 11 is 15.2. The number of hydrogen-bond acceptors (Lipinski definition) is 5. The van der Waals surface area contributed by atoms with Gasteiger partial charge < -0.3 is 15.2 Å². The number of thioether (sulfide) groups is 1. The number of para-hydroxylation sites is 1. The molecule has 2 aromatic carbocycles. The number of anilines is 1. The van der Waals surface area contributed by atoms with Gasteiger partial charge in [-0.25, -0.2) is 10.0 Å². The molecule has 2 aliphatic heterocycles. The molecular weight excluding hydrogens is 495 g/mol. The van der Waals surface area contributed by atoms with Crippen molar-refractivity contribution in [3.8, 4) is 0 Å². The van der Waals surface area contributed by atoms with E-state index in [2.05, 4.69) is 17.1 Å². The topological polar surface area (TPSA) is 88.3 Å². The number of allylic oxidation sites excluding steroid dienone is 2. The van der Waals surface area contributed by atoms with E-state index in [9.17, 15) is 20.3 Å². The zero-order valence-electron chi connectivity index (χ0n) is 18.1. The SMILES string of the molecule is O=C(O)[C@@H]1[C@@H]2C[C@H](Sc3ccccc3[NH+]([O-])O)[C@H](Cl)[C@@H]2c2cc(Cl)cc3c2N1C[C@@H]1CC=C[C@H]31. The Hall–Kier alpha value is -1.74. The molecule has 0 spiro atoms. The van der Waals surface area contributed by atoms with Crippen molar-refractivity contribution in [3.63, 3.8) is 0 Å². The molecule has 34 heavy (non-hydrogen) atoms. The maximum Gasteiger partial charge on any atom is 0.326 e. The highest BCUT2D eigenvalue weighted by atomic mass is 35.5. The molecule has 0 aromatic heterocycles. The van der Waals surface area contributed by atoms with E-state index in [1.54, 1.807) is 18.2 Å². The molecule has 9 heteroatoms. The van der Waals surface area contributed by atoms with Gasteiger partial charge in [0.15, 0.2) is 5.69 Å². The van der Waals surface area contributed by atoms with Crippen molar-refractivity contribution in [3.05, 3.63) is 69.9 Å². The van der Waals surface area contributed by atoms with Gasteiger partial charge in [0.1, 0.15) is 6.04 Å². The van der Waals surface area contributed by atoms with Gasteiger partial charge in [-0.3, -0.25) is 0 Å². The van der Waals surface area contributed by atoms with Crippen LogP contribution in [0.1, 0.15) is 35.8 Å². The van der Waals surface area contributed by atoms with Crippen LogP contribution in [-0.2, 0) is 4.79 Å². The summed E-state index contributed by atoms with van der Waals surface area (Å²) in [5.74, 6) is -0.580. The number of carboxylic acid groups (broad SMARTS) is 1. The second kappa shape index (κ2) is 8.43. The predicted octanol–water partition coefficient (Wildman–Crippen LogP) is 4.56. The van der Waals surface area contributed by atoms with Gasteiger partial charge in [-0.1, -0.05) is 35.9 Å². The molecule has 178 valence electrons. The first-order valence-corrected chi connectivity index (χ1v) is 13.2. The van der Waals surface area contributed by atoms with Crippen LogP contribution in [0.2, 0.25) is 5.02 Å². The predicted molar refractivity (Wildman–Crippen MR) is 133 cm³/mol. The molecule has 0 bridgehead atoms. The number of nitrogens with one attached hydrogen (secondary N) is 1. The minimum Gasteiger partial charge on any atom is -0.595 e. The van der Waals surface area contributed by atoms with Gasteiger partial charge in [0.25, 0.3) is 0 Å². The fourth-order valence-electron chi connectivity index (χ4n) is 6.64. The highest BCUT2D eigenvalue weighted by molar-refractivity contribution is 8.00. The van der Waals surface area contributed by atoms with Crippen LogP contribution in [-0.4, -0.2) is 39.5 Å². The van der Waals surface area contributed by atoms with Crippen molar-refractivity contribution < 1.29 is 20.3 Å². The molecule has 6 nitrogen and oxygen atoms in total. The second-order valence-corrected chi connectivity index (χ2v) is 11.9. The smallest absolute Gasteiger partial charge is 0.326 e. The summed E-state index contributed by atoms with van der Waals surface area (Å²) in [7, 11) is 0. The van der Waals surface area contributed by atoms with Gasteiger partial charge >= 0.3 is 5.97 Å². The molecule has 4 aliphatic rings. The Balaban J connectivity index is 1.44. The number of benzene rings is 2. The number of carboxylic acids is 1. The number of quaternary nitrogens is 1. The minimum atomic E-state index is -0.980. The van der Waals surface area contributed by atoms with Crippen LogP contribution < -0.4 is 10.1 Å². The normalized spacial score (nSPS) is 33.9. The van der Waals surface area contributed by atoms with E-state index in [1.165, 1.54) is 11.8 Å². The highest BCUT2D eigenvalue weighted by Crippen LogP contribution is 2.60. The second-order valence-electron chi connectivity index (χ2n) is 9.65. The third-order valence-electron chi connectivity index (χ3n) is 7.91. The zero-order chi connectivity index (χ0) is 23.7. The molecule has 3 N–H and O–H groups in total. The molecule has 1 saturated carbocycles.